The molecule has 0 fully saturated rings. The molecule has 0 heterocycles. The second-order valence-corrected chi connectivity index (χ2v) is 2.73. The average molecular weight is 132 g/mol. The van der Waals surface area contributed by atoms with Crippen LogP contribution in [0.2, 0.25) is 0 Å². The van der Waals surface area contributed by atoms with Crippen molar-refractivity contribution in [2.24, 2.45) is 5.92 Å². The van der Waals surface area contributed by atoms with Gasteiger partial charge < -0.3 is 0 Å². The Morgan fingerprint density at radius 2 is 1.00 bits per heavy atom. The topological polar surface area (TPSA) is 0 Å². The molecule has 0 rings (SSSR count). The van der Waals surface area contributed by atoms with Crippen molar-refractivity contribution in [2.75, 3.05) is 0 Å². The van der Waals surface area contributed by atoms with E-state index in [1.807, 2.05) is 0 Å². The molecule has 0 aliphatic carbocycles. The lowest BCUT2D eigenvalue weighted by Crippen LogP contribution is -1.66. The summed E-state index contributed by atoms with van der Waals surface area (Å²) < 4.78 is 0. The van der Waals surface area contributed by atoms with E-state index in [-0.39, 0.29) is 7.43 Å². The minimum atomic E-state index is 0. The van der Waals surface area contributed by atoms with E-state index in [4.69, 9.17) is 0 Å². The third-order valence-electron chi connectivity index (χ3n) is 0.500. The Labute approximate surface area is 61.7 Å². The van der Waals surface area contributed by atoms with Gasteiger partial charge in [-0.3, -0.25) is 0 Å². The first-order chi connectivity index (χ1) is 3.65. The first-order valence-electron chi connectivity index (χ1n) is 3.65. The van der Waals surface area contributed by atoms with Crippen molar-refractivity contribution in [3.8, 4) is 0 Å². The summed E-state index contributed by atoms with van der Waals surface area (Å²) in [4.78, 5) is 0. The molecule has 0 aromatic heterocycles. The van der Waals surface area contributed by atoms with Crippen LogP contribution in [0.1, 0.15) is 54.9 Å². The van der Waals surface area contributed by atoms with Crippen molar-refractivity contribution >= 4 is 0 Å². The highest BCUT2D eigenvalue weighted by Gasteiger charge is 1.68. The van der Waals surface area contributed by atoms with Crippen LogP contribution >= 0.6 is 0 Å². The molecule has 0 radical (unpaired) electrons. The van der Waals surface area contributed by atoms with Gasteiger partial charge in [-0.15, -0.1) is 0 Å². The van der Waals surface area contributed by atoms with E-state index in [1.54, 1.807) is 0 Å². The molecule has 0 amide bonds. The fourth-order valence-corrected chi connectivity index (χ4v) is 0. The smallest absolute Gasteiger partial charge is 0.0500 e. The molecule has 0 atom stereocenters. The third kappa shape index (κ3) is 288. The summed E-state index contributed by atoms with van der Waals surface area (Å²) in [6, 6.07) is 0. The fraction of sp³-hybridized carbons (Fsp3) is 1.00. The van der Waals surface area contributed by atoms with Crippen molar-refractivity contribution in [3.63, 3.8) is 0 Å². The zero-order chi connectivity index (χ0) is 6.99. The number of unbranched alkanes of at least 4 members (excludes halogenated alkanes) is 1. The van der Waals surface area contributed by atoms with Crippen LogP contribution < -0.4 is 0 Å². The summed E-state index contributed by atoms with van der Waals surface area (Å²) in [5.74, 6) is 0.833. The van der Waals surface area contributed by atoms with Crippen molar-refractivity contribution in [1.82, 2.24) is 0 Å². The first kappa shape index (κ1) is 16.0. The zero-order valence-electron chi connectivity index (χ0n) is 6.99. The van der Waals surface area contributed by atoms with E-state index in [1.165, 1.54) is 12.8 Å². The summed E-state index contributed by atoms with van der Waals surface area (Å²) in [7, 11) is 0. The molecule has 0 spiro atoms. The second-order valence-electron chi connectivity index (χ2n) is 2.73. The van der Waals surface area contributed by atoms with Crippen molar-refractivity contribution in [1.29, 1.82) is 0 Å². The summed E-state index contributed by atoms with van der Waals surface area (Å²) in [5.41, 5.74) is 0. The Morgan fingerprint density at radius 1 is 0.889 bits per heavy atom. The van der Waals surface area contributed by atoms with Gasteiger partial charge in [0, 0.05) is 0 Å². The Hall–Kier alpha value is 0. The molecule has 0 saturated heterocycles. The number of hydrogen-bond donors (Lipinski definition) is 0. The van der Waals surface area contributed by atoms with E-state index in [0.717, 1.165) is 5.92 Å². The van der Waals surface area contributed by atoms with Crippen LogP contribution in [-0.4, -0.2) is 0 Å². The average Bonchev–Trinajstić information content (AvgIpc) is 1.65. The standard InChI is InChI=1S/2C4H10.CH4/c1-4(2)3;1-3-4-2;/h4H,1-3H3;3-4H2,1-2H3;1H4. The molecule has 0 N–H and O–H groups in total. The maximum atomic E-state index is 2.18. The molecule has 60 valence electrons. The predicted octanol–water partition coefficient (Wildman–Crippen LogP) is 4.10. The first-order valence-corrected chi connectivity index (χ1v) is 3.65. The summed E-state index contributed by atoms with van der Waals surface area (Å²) in [6.07, 6.45) is 2.64. The molecule has 0 aromatic rings. The van der Waals surface area contributed by atoms with Crippen LogP contribution in [0.25, 0.3) is 0 Å². The summed E-state index contributed by atoms with van der Waals surface area (Å²) >= 11 is 0. The lowest BCUT2D eigenvalue weighted by atomic mass is 10.3. The van der Waals surface area contributed by atoms with Gasteiger partial charge in [0.25, 0.3) is 0 Å². The van der Waals surface area contributed by atoms with E-state index < -0.39 is 0 Å². The molecule has 0 nitrogen and oxygen atoms in total. The molecule has 0 aliphatic heterocycles. The van der Waals surface area contributed by atoms with Crippen LogP contribution in [0.15, 0.2) is 0 Å². The Kier molecular flexibility index (Phi) is 27.9. The number of hydrogen-bond acceptors (Lipinski definition) is 0. The highest BCUT2D eigenvalue weighted by Crippen LogP contribution is 1.81. The zero-order valence-corrected chi connectivity index (χ0v) is 6.99. The van der Waals surface area contributed by atoms with Gasteiger partial charge in [0.1, 0.15) is 0 Å². The van der Waals surface area contributed by atoms with E-state index in [9.17, 15) is 0 Å². The van der Waals surface area contributed by atoms with Gasteiger partial charge in [-0.2, -0.15) is 0 Å². The highest BCUT2D eigenvalue weighted by atomic mass is 13.7. The molecule has 0 heteroatoms. The van der Waals surface area contributed by atoms with Gasteiger partial charge >= 0.3 is 0 Å². The van der Waals surface area contributed by atoms with Crippen molar-refractivity contribution in [3.05, 3.63) is 0 Å². The van der Waals surface area contributed by atoms with Crippen LogP contribution in [0.3, 0.4) is 0 Å². The van der Waals surface area contributed by atoms with Gasteiger partial charge in [-0.1, -0.05) is 54.9 Å². The minimum Gasteiger partial charge on any atom is -0.0776 e. The van der Waals surface area contributed by atoms with E-state index >= 15 is 0 Å². The van der Waals surface area contributed by atoms with Crippen molar-refractivity contribution in [2.45, 2.75) is 54.9 Å². The molecule has 0 aliphatic rings. The number of rotatable bonds is 1. The molecule has 0 aromatic carbocycles. The lowest BCUT2D eigenvalue weighted by molar-refractivity contribution is 0.737. The van der Waals surface area contributed by atoms with Crippen LogP contribution in [0.4, 0.5) is 0 Å². The van der Waals surface area contributed by atoms with E-state index in [0.29, 0.717) is 0 Å². The Morgan fingerprint density at radius 3 is 1.00 bits per heavy atom. The Bertz CT molecular complexity index is 16.5. The molecule has 0 saturated carbocycles. The summed E-state index contributed by atoms with van der Waals surface area (Å²) in [6.45, 7) is 10.9. The maximum Gasteiger partial charge on any atom is -0.0500 e. The third-order valence-corrected chi connectivity index (χ3v) is 0.500. The second kappa shape index (κ2) is 15.7. The molecule has 0 unspecified atom stereocenters. The Balaban J connectivity index is -0.0000000720. The quantitative estimate of drug-likeness (QED) is 0.504. The van der Waals surface area contributed by atoms with Crippen LogP contribution in [0.5, 0.6) is 0 Å². The van der Waals surface area contributed by atoms with Crippen LogP contribution in [-0.2, 0) is 0 Å². The van der Waals surface area contributed by atoms with Gasteiger partial charge in [0.15, 0.2) is 0 Å². The molecule has 0 bridgehead atoms. The van der Waals surface area contributed by atoms with Gasteiger partial charge in [0.05, 0.1) is 0 Å². The molecular formula is C9H24. The van der Waals surface area contributed by atoms with Gasteiger partial charge in [0.2, 0.25) is 0 Å². The molecular weight excluding hydrogens is 108 g/mol. The minimum absolute atomic E-state index is 0. The normalized spacial score (nSPS) is 7.33. The maximum absolute atomic E-state index is 2.18. The SMILES string of the molecule is C.CC(C)C.CCCC. The van der Waals surface area contributed by atoms with E-state index in [2.05, 4.69) is 34.6 Å². The monoisotopic (exact) mass is 132 g/mol. The van der Waals surface area contributed by atoms with Crippen molar-refractivity contribution < 1.29 is 0 Å². The van der Waals surface area contributed by atoms with Gasteiger partial charge in [-0.05, 0) is 5.92 Å². The van der Waals surface area contributed by atoms with Crippen LogP contribution in [0, 0.1) is 5.92 Å². The van der Waals surface area contributed by atoms with Gasteiger partial charge in [-0.25, -0.2) is 0 Å². The summed E-state index contributed by atoms with van der Waals surface area (Å²) in [5, 5.41) is 0. The molecule has 9 heavy (non-hydrogen) atoms. The predicted molar refractivity (Wildman–Crippen MR) is 47.8 cm³/mol. The lowest BCUT2D eigenvalue weighted by Gasteiger charge is -1.79. The highest BCUT2D eigenvalue weighted by molar-refractivity contribution is 4.20. The largest absolute Gasteiger partial charge is 0.0776 e. The fourth-order valence-electron chi connectivity index (χ4n) is 0.